The highest BCUT2D eigenvalue weighted by molar-refractivity contribution is 4.82. The molecule has 0 aromatic rings. The van der Waals surface area contributed by atoms with E-state index < -0.39 is 0 Å². The molecule has 0 saturated heterocycles. The first-order valence-electron chi connectivity index (χ1n) is 13.0. The fourth-order valence-corrected chi connectivity index (χ4v) is 3.44. The van der Waals surface area contributed by atoms with Gasteiger partial charge in [-0.1, -0.05) is 58.3 Å². The van der Waals surface area contributed by atoms with Gasteiger partial charge in [-0.15, -0.1) is 12.3 Å². The molecule has 5 nitrogen and oxygen atoms in total. The molecule has 0 aromatic carbocycles. The number of ether oxygens (including phenoxy) is 4. The van der Waals surface area contributed by atoms with Gasteiger partial charge in [0.25, 0.3) is 0 Å². The molecule has 0 spiro atoms. The summed E-state index contributed by atoms with van der Waals surface area (Å²) in [6, 6.07) is 0. The number of hydrogen-bond acceptors (Lipinski definition) is 4. The number of methoxy groups -OCH3 is 1. The summed E-state index contributed by atoms with van der Waals surface area (Å²) in [7, 11) is 8.23. The van der Waals surface area contributed by atoms with Gasteiger partial charge in [0, 0.05) is 13.5 Å². The maximum atomic E-state index is 6.12. The topological polar surface area (TPSA) is 36.9 Å². The van der Waals surface area contributed by atoms with E-state index in [9.17, 15) is 0 Å². The molecule has 190 valence electrons. The van der Waals surface area contributed by atoms with E-state index in [0.29, 0.717) is 32.5 Å². The molecule has 0 aliphatic heterocycles. The summed E-state index contributed by atoms with van der Waals surface area (Å²) in [5, 5.41) is 0. The zero-order chi connectivity index (χ0) is 23.9. The molecule has 0 heterocycles. The molecule has 0 radical (unpaired) electrons. The fraction of sp³-hybridized carbons (Fsp3) is 0.926. The second-order valence-electron chi connectivity index (χ2n) is 9.85. The summed E-state index contributed by atoms with van der Waals surface area (Å²) in [5.41, 5.74) is 0. The predicted octanol–water partition coefficient (Wildman–Crippen LogP) is 5.46. The van der Waals surface area contributed by atoms with Crippen molar-refractivity contribution in [2.24, 2.45) is 0 Å². The number of rotatable bonds is 24. The van der Waals surface area contributed by atoms with Gasteiger partial charge in [-0.2, -0.15) is 0 Å². The van der Waals surface area contributed by atoms with Crippen LogP contribution in [0.2, 0.25) is 0 Å². The van der Waals surface area contributed by atoms with Crippen molar-refractivity contribution in [1.82, 2.24) is 0 Å². The number of terminal acetylenes is 1. The van der Waals surface area contributed by atoms with Crippen molar-refractivity contribution in [2.45, 2.75) is 96.2 Å². The Morgan fingerprint density at radius 3 is 1.91 bits per heavy atom. The Balaban J connectivity index is 3.63. The normalized spacial score (nSPS) is 13.8. The average molecular weight is 457 g/mol. The lowest BCUT2D eigenvalue weighted by Crippen LogP contribution is -2.37. The van der Waals surface area contributed by atoms with Crippen molar-refractivity contribution in [3.05, 3.63) is 0 Å². The summed E-state index contributed by atoms with van der Waals surface area (Å²) in [6.45, 7) is 6.33. The van der Waals surface area contributed by atoms with E-state index in [1.807, 2.05) is 0 Å². The number of hydrogen-bond donors (Lipinski definition) is 0. The van der Waals surface area contributed by atoms with Crippen LogP contribution in [-0.4, -0.2) is 84.5 Å². The molecule has 2 unspecified atom stereocenters. The van der Waals surface area contributed by atoms with Crippen molar-refractivity contribution in [2.75, 3.05) is 67.8 Å². The van der Waals surface area contributed by atoms with Crippen LogP contribution < -0.4 is 0 Å². The quantitative estimate of drug-likeness (QED) is 0.110. The molecule has 0 saturated carbocycles. The molecule has 0 aliphatic carbocycles. The highest BCUT2D eigenvalue weighted by atomic mass is 16.6. The van der Waals surface area contributed by atoms with Crippen molar-refractivity contribution in [3.63, 3.8) is 0 Å². The Hall–Kier alpha value is -0.640. The monoisotopic (exact) mass is 456 g/mol. The van der Waals surface area contributed by atoms with Crippen LogP contribution in [0.1, 0.15) is 84.0 Å². The third-order valence-electron chi connectivity index (χ3n) is 5.74. The van der Waals surface area contributed by atoms with Gasteiger partial charge in [0.2, 0.25) is 0 Å². The van der Waals surface area contributed by atoms with Crippen molar-refractivity contribution in [3.8, 4) is 12.3 Å². The van der Waals surface area contributed by atoms with Crippen LogP contribution in [0.25, 0.3) is 0 Å². The fourth-order valence-electron chi connectivity index (χ4n) is 3.44. The molecule has 0 rings (SSSR count). The van der Waals surface area contributed by atoms with E-state index in [2.05, 4.69) is 34.0 Å². The second kappa shape index (κ2) is 22.2. The van der Waals surface area contributed by atoms with Gasteiger partial charge in [0.1, 0.15) is 12.6 Å². The lowest BCUT2D eigenvalue weighted by Gasteiger charge is -2.23. The van der Waals surface area contributed by atoms with Crippen LogP contribution in [-0.2, 0) is 18.9 Å². The smallest absolute Gasteiger partial charge is 0.104 e. The molecule has 5 heteroatoms. The first-order chi connectivity index (χ1) is 15.4. The van der Waals surface area contributed by atoms with E-state index in [1.165, 1.54) is 57.8 Å². The maximum Gasteiger partial charge on any atom is 0.104 e. The van der Waals surface area contributed by atoms with Gasteiger partial charge in [0.15, 0.2) is 0 Å². The first kappa shape index (κ1) is 31.4. The molecule has 0 aromatic heterocycles. The summed E-state index contributed by atoms with van der Waals surface area (Å²) in [6.07, 6.45) is 20.5. The molecule has 0 amide bonds. The van der Waals surface area contributed by atoms with Crippen LogP contribution in [0.3, 0.4) is 0 Å². The minimum Gasteiger partial charge on any atom is -0.377 e. The van der Waals surface area contributed by atoms with E-state index >= 15 is 0 Å². The van der Waals surface area contributed by atoms with Gasteiger partial charge in [0.05, 0.1) is 60.3 Å². The number of quaternary nitrogens is 1. The van der Waals surface area contributed by atoms with E-state index in [1.54, 1.807) is 7.11 Å². The van der Waals surface area contributed by atoms with Crippen LogP contribution in [0, 0.1) is 12.3 Å². The Labute approximate surface area is 200 Å². The summed E-state index contributed by atoms with van der Waals surface area (Å²) < 4.78 is 23.9. The lowest BCUT2D eigenvalue weighted by atomic mass is 10.0. The van der Waals surface area contributed by atoms with Crippen molar-refractivity contribution < 1.29 is 23.4 Å². The Morgan fingerprint density at radius 1 is 0.750 bits per heavy atom. The lowest BCUT2D eigenvalue weighted by molar-refractivity contribution is -0.870. The SMILES string of the molecule is C#CCCCCCCCCCCCC(CC)OCC(COCCOCC[N+](C)(C)C)OC. The van der Waals surface area contributed by atoms with Gasteiger partial charge in [-0.25, -0.2) is 0 Å². The standard InChI is InChI=1S/C27H54NO4/c1-7-9-10-11-12-13-14-15-16-17-18-19-26(8-2)32-25-27(29-6)24-31-23-22-30-21-20-28(3,4)5/h1,26-27H,8-25H2,2-6H3/q+1. The summed E-state index contributed by atoms with van der Waals surface area (Å²) >= 11 is 0. The number of unbranched alkanes of at least 4 members (excludes halogenated alkanes) is 9. The van der Waals surface area contributed by atoms with Crippen LogP contribution in [0.5, 0.6) is 0 Å². The third kappa shape index (κ3) is 22.6. The van der Waals surface area contributed by atoms with Gasteiger partial charge in [-0.3, -0.25) is 0 Å². The largest absolute Gasteiger partial charge is 0.377 e. The van der Waals surface area contributed by atoms with Crippen LogP contribution in [0.4, 0.5) is 0 Å². The van der Waals surface area contributed by atoms with E-state index in [4.69, 9.17) is 25.4 Å². The molecule has 0 fully saturated rings. The minimum atomic E-state index is -0.0177. The van der Waals surface area contributed by atoms with E-state index in [0.717, 1.165) is 36.9 Å². The van der Waals surface area contributed by atoms with E-state index in [-0.39, 0.29) is 6.10 Å². The number of likely N-dealkylation sites (N-methyl/N-ethyl adjacent to an activating group) is 1. The Morgan fingerprint density at radius 2 is 1.34 bits per heavy atom. The van der Waals surface area contributed by atoms with Gasteiger partial charge in [-0.05, 0) is 19.3 Å². The second-order valence-corrected chi connectivity index (χ2v) is 9.85. The maximum absolute atomic E-state index is 6.12. The van der Waals surface area contributed by atoms with Crippen LogP contribution >= 0.6 is 0 Å². The molecule has 0 aliphatic rings. The molecular weight excluding hydrogens is 402 g/mol. The summed E-state index contributed by atoms with van der Waals surface area (Å²) in [5.74, 6) is 2.72. The van der Waals surface area contributed by atoms with Crippen molar-refractivity contribution >= 4 is 0 Å². The predicted molar refractivity (Wildman–Crippen MR) is 135 cm³/mol. The first-order valence-corrected chi connectivity index (χ1v) is 13.0. The molecular formula is C27H54NO4+. The summed E-state index contributed by atoms with van der Waals surface area (Å²) in [4.78, 5) is 0. The van der Waals surface area contributed by atoms with Crippen LogP contribution in [0.15, 0.2) is 0 Å². The molecule has 32 heavy (non-hydrogen) atoms. The Kier molecular flexibility index (Phi) is 21.7. The minimum absolute atomic E-state index is 0.0177. The van der Waals surface area contributed by atoms with Crippen molar-refractivity contribution in [1.29, 1.82) is 0 Å². The highest BCUT2D eigenvalue weighted by Gasteiger charge is 2.13. The van der Waals surface area contributed by atoms with Gasteiger partial charge < -0.3 is 23.4 Å². The molecule has 0 N–H and O–H groups in total. The molecule has 2 atom stereocenters. The van der Waals surface area contributed by atoms with Gasteiger partial charge >= 0.3 is 0 Å². The zero-order valence-corrected chi connectivity index (χ0v) is 22.0. The Bertz CT molecular complexity index is 430. The molecule has 0 bridgehead atoms. The number of nitrogens with zero attached hydrogens (tertiary/aromatic N) is 1. The zero-order valence-electron chi connectivity index (χ0n) is 22.0. The third-order valence-corrected chi connectivity index (χ3v) is 5.74. The highest BCUT2D eigenvalue weighted by Crippen LogP contribution is 2.14. The average Bonchev–Trinajstić information content (AvgIpc) is 2.76.